The maximum Gasteiger partial charge on any atom is 0.325 e. The number of fused-ring (bicyclic) bond motifs is 3. The smallest absolute Gasteiger partial charge is 0.325 e. The molecule has 0 saturated heterocycles. The highest BCUT2D eigenvalue weighted by atomic mass is 16.5. The number of ether oxygens (including phenoxy) is 1. The van der Waals surface area contributed by atoms with Crippen molar-refractivity contribution in [1.82, 2.24) is 10.3 Å². The fourth-order valence-electron chi connectivity index (χ4n) is 3.22. The lowest BCUT2D eigenvalue weighted by Gasteiger charge is -2.27. The highest BCUT2D eigenvalue weighted by molar-refractivity contribution is 6.06. The van der Waals surface area contributed by atoms with Crippen molar-refractivity contribution in [2.75, 3.05) is 13.7 Å². The van der Waals surface area contributed by atoms with E-state index < -0.39 is 11.9 Å². The van der Waals surface area contributed by atoms with Gasteiger partial charge in [-0.3, -0.25) is 14.4 Å². The third-order valence-corrected chi connectivity index (χ3v) is 4.46. The molecule has 23 heavy (non-hydrogen) atoms. The Morgan fingerprint density at radius 2 is 2.09 bits per heavy atom. The number of benzene rings is 1. The van der Waals surface area contributed by atoms with E-state index in [-0.39, 0.29) is 30.6 Å². The van der Waals surface area contributed by atoms with Gasteiger partial charge in [-0.05, 0) is 17.5 Å². The van der Waals surface area contributed by atoms with Gasteiger partial charge < -0.3 is 15.0 Å². The van der Waals surface area contributed by atoms with E-state index in [1.807, 2.05) is 31.2 Å². The van der Waals surface area contributed by atoms with Gasteiger partial charge in [0, 0.05) is 17.3 Å². The predicted octanol–water partition coefficient (Wildman–Crippen LogP) is 1.76. The molecule has 2 unspecified atom stereocenters. The molecule has 1 aliphatic carbocycles. The number of para-hydroxylation sites is 1. The van der Waals surface area contributed by atoms with E-state index in [4.69, 9.17) is 0 Å². The Kier molecular flexibility index (Phi) is 3.90. The Hall–Kier alpha value is -2.63. The maximum absolute atomic E-state index is 12.4. The first-order valence-corrected chi connectivity index (χ1v) is 7.51. The number of esters is 1. The van der Waals surface area contributed by atoms with Gasteiger partial charge in [0.25, 0.3) is 0 Å². The first kappa shape index (κ1) is 15.3. The SMILES string of the molecule is COC(=O)CNC(=O)C1CC(=O)c2[nH]c3ccccc3c2C1C. The molecule has 2 aromatic rings. The third-order valence-electron chi connectivity index (χ3n) is 4.46. The Morgan fingerprint density at radius 1 is 1.35 bits per heavy atom. The monoisotopic (exact) mass is 314 g/mol. The minimum atomic E-state index is -0.513. The topological polar surface area (TPSA) is 88.3 Å². The number of H-pyrrole nitrogens is 1. The molecule has 0 radical (unpaired) electrons. The number of carbonyl (C=O) groups is 3. The van der Waals surface area contributed by atoms with Gasteiger partial charge in [0.1, 0.15) is 6.54 Å². The van der Waals surface area contributed by atoms with Crippen LogP contribution in [0.1, 0.15) is 35.3 Å². The Bertz CT molecular complexity index is 793. The first-order chi connectivity index (χ1) is 11.0. The second-order valence-electron chi connectivity index (χ2n) is 5.78. The number of carbonyl (C=O) groups excluding carboxylic acids is 3. The zero-order chi connectivity index (χ0) is 16.6. The number of aromatic amines is 1. The number of rotatable bonds is 3. The second-order valence-corrected chi connectivity index (χ2v) is 5.78. The minimum Gasteiger partial charge on any atom is -0.468 e. The number of hydrogen-bond acceptors (Lipinski definition) is 4. The van der Waals surface area contributed by atoms with E-state index in [9.17, 15) is 14.4 Å². The molecule has 1 heterocycles. The average Bonchev–Trinajstić information content (AvgIpc) is 2.96. The summed E-state index contributed by atoms with van der Waals surface area (Å²) in [7, 11) is 1.26. The molecule has 0 bridgehead atoms. The van der Waals surface area contributed by atoms with Crippen molar-refractivity contribution in [3.8, 4) is 0 Å². The fourth-order valence-corrected chi connectivity index (χ4v) is 3.22. The molecule has 2 N–H and O–H groups in total. The molecule has 0 fully saturated rings. The zero-order valence-corrected chi connectivity index (χ0v) is 13.0. The molecule has 0 saturated carbocycles. The largest absolute Gasteiger partial charge is 0.468 e. The molecule has 1 aromatic carbocycles. The normalized spacial score (nSPS) is 20.2. The molecular weight excluding hydrogens is 296 g/mol. The van der Waals surface area contributed by atoms with Crippen molar-refractivity contribution in [2.24, 2.45) is 5.92 Å². The summed E-state index contributed by atoms with van der Waals surface area (Å²) in [6.07, 6.45) is 0.133. The van der Waals surface area contributed by atoms with Crippen LogP contribution in [-0.2, 0) is 14.3 Å². The lowest BCUT2D eigenvalue weighted by molar-refractivity contribution is -0.141. The Morgan fingerprint density at radius 3 is 2.83 bits per heavy atom. The highest BCUT2D eigenvalue weighted by Crippen LogP contribution is 2.40. The summed E-state index contributed by atoms with van der Waals surface area (Å²) < 4.78 is 4.51. The van der Waals surface area contributed by atoms with Crippen molar-refractivity contribution in [2.45, 2.75) is 19.3 Å². The summed E-state index contributed by atoms with van der Waals surface area (Å²) in [5.41, 5.74) is 2.37. The van der Waals surface area contributed by atoms with Gasteiger partial charge in [-0.1, -0.05) is 25.1 Å². The van der Waals surface area contributed by atoms with Crippen LogP contribution in [0.3, 0.4) is 0 Å². The summed E-state index contributed by atoms with van der Waals surface area (Å²) in [6.45, 7) is 1.75. The molecule has 1 aliphatic rings. The molecule has 2 atom stereocenters. The lowest BCUT2D eigenvalue weighted by atomic mass is 9.76. The number of nitrogens with one attached hydrogen (secondary N) is 2. The lowest BCUT2D eigenvalue weighted by Crippen LogP contribution is -2.40. The molecule has 1 amide bonds. The molecule has 1 aromatic heterocycles. The molecule has 120 valence electrons. The average molecular weight is 314 g/mol. The quantitative estimate of drug-likeness (QED) is 0.845. The number of ketones is 1. The van der Waals surface area contributed by atoms with Crippen LogP contribution in [0.25, 0.3) is 10.9 Å². The zero-order valence-electron chi connectivity index (χ0n) is 13.0. The van der Waals surface area contributed by atoms with Gasteiger partial charge >= 0.3 is 5.97 Å². The Labute approximate surface area is 133 Å². The Balaban J connectivity index is 1.91. The maximum atomic E-state index is 12.4. The van der Waals surface area contributed by atoms with Gasteiger partial charge in [0.2, 0.25) is 5.91 Å². The number of amides is 1. The van der Waals surface area contributed by atoms with Crippen LogP contribution in [0, 0.1) is 5.92 Å². The van der Waals surface area contributed by atoms with E-state index in [2.05, 4.69) is 15.0 Å². The molecule has 6 nitrogen and oxygen atoms in total. The standard InChI is InChI=1S/C17H18N2O4/c1-9-11(17(22)18-8-14(21)23-2)7-13(20)16-15(9)10-5-3-4-6-12(10)19-16/h3-6,9,11,19H,7-8H2,1-2H3,(H,18,22). The van der Waals surface area contributed by atoms with Crippen LogP contribution in [0.4, 0.5) is 0 Å². The molecule has 0 spiro atoms. The van der Waals surface area contributed by atoms with Gasteiger partial charge in [-0.15, -0.1) is 0 Å². The predicted molar refractivity (Wildman–Crippen MR) is 84.2 cm³/mol. The third kappa shape index (κ3) is 2.60. The van der Waals surface area contributed by atoms with Gasteiger partial charge in [-0.25, -0.2) is 0 Å². The van der Waals surface area contributed by atoms with Crippen LogP contribution in [0.15, 0.2) is 24.3 Å². The fraction of sp³-hybridized carbons (Fsp3) is 0.353. The van der Waals surface area contributed by atoms with E-state index in [1.54, 1.807) is 0 Å². The van der Waals surface area contributed by atoms with Crippen LogP contribution in [0.2, 0.25) is 0 Å². The van der Waals surface area contributed by atoms with Crippen molar-refractivity contribution in [3.05, 3.63) is 35.5 Å². The number of aromatic nitrogens is 1. The van der Waals surface area contributed by atoms with E-state index in [0.717, 1.165) is 16.5 Å². The number of methoxy groups -OCH3 is 1. The number of hydrogen-bond donors (Lipinski definition) is 2. The molecule has 3 rings (SSSR count). The van der Waals surface area contributed by atoms with Crippen LogP contribution in [-0.4, -0.2) is 36.3 Å². The van der Waals surface area contributed by atoms with Crippen LogP contribution >= 0.6 is 0 Å². The minimum absolute atomic E-state index is 0.0764. The highest BCUT2D eigenvalue weighted by Gasteiger charge is 2.38. The molecule has 0 aliphatic heterocycles. The van der Waals surface area contributed by atoms with Crippen LogP contribution in [0.5, 0.6) is 0 Å². The van der Waals surface area contributed by atoms with Gasteiger partial charge in [0.05, 0.1) is 18.7 Å². The van der Waals surface area contributed by atoms with E-state index in [0.29, 0.717) is 5.69 Å². The summed E-state index contributed by atoms with van der Waals surface area (Å²) in [5.74, 6) is -1.49. The van der Waals surface area contributed by atoms with Crippen molar-refractivity contribution in [3.63, 3.8) is 0 Å². The second kappa shape index (κ2) is 5.87. The summed E-state index contributed by atoms with van der Waals surface area (Å²) in [4.78, 5) is 39.1. The first-order valence-electron chi connectivity index (χ1n) is 7.51. The van der Waals surface area contributed by atoms with Crippen LogP contribution < -0.4 is 5.32 Å². The molecule has 6 heteroatoms. The van der Waals surface area contributed by atoms with Gasteiger partial charge in [0.15, 0.2) is 5.78 Å². The van der Waals surface area contributed by atoms with Gasteiger partial charge in [-0.2, -0.15) is 0 Å². The van der Waals surface area contributed by atoms with E-state index in [1.165, 1.54) is 7.11 Å². The van der Waals surface area contributed by atoms with Crippen molar-refractivity contribution in [1.29, 1.82) is 0 Å². The summed E-state index contributed by atoms with van der Waals surface area (Å²) >= 11 is 0. The van der Waals surface area contributed by atoms with Crippen molar-refractivity contribution >= 4 is 28.6 Å². The number of Topliss-reactive ketones (excluding diaryl/α,β-unsaturated/α-hetero) is 1. The summed E-state index contributed by atoms with van der Waals surface area (Å²) in [6, 6.07) is 7.68. The molecular formula is C17H18N2O4. The van der Waals surface area contributed by atoms with E-state index >= 15 is 0 Å². The summed E-state index contributed by atoms with van der Waals surface area (Å²) in [5, 5.41) is 3.52. The van der Waals surface area contributed by atoms with Crippen molar-refractivity contribution < 1.29 is 19.1 Å².